The van der Waals surface area contributed by atoms with E-state index in [2.05, 4.69) is 64.1 Å². The Kier molecular flexibility index (Phi) is 8.63. The lowest BCUT2D eigenvalue weighted by Gasteiger charge is -2.12. The first kappa shape index (κ1) is 18.4. The van der Waals surface area contributed by atoms with Crippen LogP contribution in [0.4, 0.5) is 0 Å². The quantitative estimate of drug-likeness (QED) is 0.545. The zero-order valence-electron chi connectivity index (χ0n) is 14.5. The Labute approximate surface area is 125 Å². The smallest absolute Gasteiger partial charge is 0.0149 e. The molecule has 0 fully saturated rings. The van der Waals surface area contributed by atoms with Gasteiger partial charge in [0.1, 0.15) is 0 Å². The molecule has 0 spiro atoms. The largest absolute Gasteiger partial charge is 0.0683 e. The van der Waals surface area contributed by atoms with Gasteiger partial charge < -0.3 is 0 Å². The highest BCUT2D eigenvalue weighted by Gasteiger charge is 2.06. The fourth-order valence-electron chi connectivity index (χ4n) is 2.07. The lowest BCUT2D eigenvalue weighted by Crippen LogP contribution is -1.90. The van der Waals surface area contributed by atoms with E-state index in [9.17, 15) is 0 Å². The van der Waals surface area contributed by atoms with Crippen LogP contribution in [0.2, 0.25) is 0 Å². The predicted octanol–water partition coefficient (Wildman–Crippen LogP) is 6.64. The van der Waals surface area contributed by atoms with Crippen LogP contribution in [0.15, 0.2) is 36.4 Å². The SMILES string of the molecule is CC.CC.Cc1ccc(C)c(-c2cccc(C)c2C)c1. The molecule has 2 aromatic rings. The number of rotatable bonds is 1. The molecule has 0 nitrogen and oxygen atoms in total. The minimum absolute atomic E-state index is 1.32. The number of hydrogen-bond donors (Lipinski definition) is 0. The molecule has 110 valence electrons. The van der Waals surface area contributed by atoms with Gasteiger partial charge in [-0.15, -0.1) is 0 Å². The van der Waals surface area contributed by atoms with Crippen LogP contribution in [-0.2, 0) is 0 Å². The lowest BCUT2D eigenvalue weighted by molar-refractivity contribution is 1.32. The van der Waals surface area contributed by atoms with Crippen molar-refractivity contribution in [3.05, 3.63) is 58.7 Å². The van der Waals surface area contributed by atoms with Crippen molar-refractivity contribution in [3.8, 4) is 11.1 Å². The van der Waals surface area contributed by atoms with Crippen molar-refractivity contribution < 1.29 is 0 Å². The van der Waals surface area contributed by atoms with Crippen LogP contribution in [-0.4, -0.2) is 0 Å². The fourth-order valence-corrected chi connectivity index (χ4v) is 2.07. The third kappa shape index (κ3) is 4.52. The zero-order chi connectivity index (χ0) is 15.7. The molecule has 0 saturated heterocycles. The van der Waals surface area contributed by atoms with E-state index in [4.69, 9.17) is 0 Å². The van der Waals surface area contributed by atoms with E-state index in [1.807, 2.05) is 27.7 Å². The molecule has 0 bridgehead atoms. The van der Waals surface area contributed by atoms with Gasteiger partial charge in [-0.2, -0.15) is 0 Å². The topological polar surface area (TPSA) is 0 Å². The average Bonchev–Trinajstić information content (AvgIpc) is 2.49. The molecule has 0 aliphatic heterocycles. The van der Waals surface area contributed by atoms with Crippen LogP contribution in [0.3, 0.4) is 0 Å². The Morgan fingerprint density at radius 1 is 0.600 bits per heavy atom. The second-order valence-electron chi connectivity index (χ2n) is 4.57. The van der Waals surface area contributed by atoms with E-state index in [0.29, 0.717) is 0 Å². The normalized spacial score (nSPS) is 9.00. The molecule has 0 aliphatic rings. The van der Waals surface area contributed by atoms with Gasteiger partial charge in [-0.25, -0.2) is 0 Å². The Bertz CT molecular complexity index is 522. The molecule has 2 rings (SSSR count). The molecule has 0 saturated carbocycles. The molecule has 20 heavy (non-hydrogen) atoms. The molecule has 0 atom stereocenters. The highest BCUT2D eigenvalue weighted by molar-refractivity contribution is 5.72. The molecular formula is C20H30. The van der Waals surface area contributed by atoms with Gasteiger partial charge in [0.25, 0.3) is 0 Å². The van der Waals surface area contributed by atoms with Crippen LogP contribution in [0.5, 0.6) is 0 Å². The average molecular weight is 270 g/mol. The molecule has 0 N–H and O–H groups in total. The highest BCUT2D eigenvalue weighted by atomic mass is 14.1. The van der Waals surface area contributed by atoms with E-state index in [-0.39, 0.29) is 0 Å². The van der Waals surface area contributed by atoms with Crippen molar-refractivity contribution in [2.24, 2.45) is 0 Å². The zero-order valence-corrected chi connectivity index (χ0v) is 14.5. The lowest BCUT2D eigenvalue weighted by atomic mass is 9.93. The van der Waals surface area contributed by atoms with Crippen molar-refractivity contribution in [3.63, 3.8) is 0 Å². The summed E-state index contributed by atoms with van der Waals surface area (Å²) in [4.78, 5) is 0. The highest BCUT2D eigenvalue weighted by Crippen LogP contribution is 2.28. The van der Waals surface area contributed by atoms with E-state index in [1.165, 1.54) is 33.4 Å². The van der Waals surface area contributed by atoms with E-state index in [1.54, 1.807) is 0 Å². The van der Waals surface area contributed by atoms with Crippen LogP contribution in [0.1, 0.15) is 49.9 Å². The molecule has 0 aliphatic carbocycles. The summed E-state index contributed by atoms with van der Waals surface area (Å²) in [6, 6.07) is 13.2. The van der Waals surface area contributed by atoms with Gasteiger partial charge in [-0.3, -0.25) is 0 Å². The van der Waals surface area contributed by atoms with Crippen LogP contribution in [0, 0.1) is 27.7 Å². The molecule has 0 unspecified atom stereocenters. The third-order valence-corrected chi connectivity index (χ3v) is 3.29. The Morgan fingerprint density at radius 2 is 1.20 bits per heavy atom. The summed E-state index contributed by atoms with van der Waals surface area (Å²) >= 11 is 0. The van der Waals surface area contributed by atoms with E-state index >= 15 is 0 Å². The number of benzene rings is 2. The molecule has 0 heterocycles. The fraction of sp³-hybridized carbons (Fsp3) is 0.400. The second-order valence-corrected chi connectivity index (χ2v) is 4.57. The first-order valence-electron chi connectivity index (χ1n) is 7.73. The molecule has 0 heteroatoms. The van der Waals surface area contributed by atoms with Crippen molar-refractivity contribution in [2.45, 2.75) is 55.4 Å². The van der Waals surface area contributed by atoms with Gasteiger partial charge in [0, 0.05) is 0 Å². The summed E-state index contributed by atoms with van der Waals surface area (Å²) in [5, 5.41) is 0. The van der Waals surface area contributed by atoms with Crippen molar-refractivity contribution in [1.82, 2.24) is 0 Å². The van der Waals surface area contributed by atoms with Gasteiger partial charge in [-0.05, 0) is 55.5 Å². The van der Waals surface area contributed by atoms with E-state index in [0.717, 1.165) is 0 Å². The van der Waals surface area contributed by atoms with Crippen LogP contribution in [0.25, 0.3) is 11.1 Å². The molecule has 0 aromatic heterocycles. The number of aryl methyl sites for hydroxylation is 3. The maximum Gasteiger partial charge on any atom is -0.0149 e. The first-order valence-corrected chi connectivity index (χ1v) is 7.73. The predicted molar refractivity (Wildman–Crippen MR) is 93.5 cm³/mol. The maximum absolute atomic E-state index is 2.27. The Hall–Kier alpha value is -1.56. The Morgan fingerprint density at radius 3 is 1.80 bits per heavy atom. The minimum Gasteiger partial charge on any atom is -0.0683 e. The Balaban J connectivity index is 0.000000829. The number of hydrogen-bond acceptors (Lipinski definition) is 0. The summed E-state index contributed by atoms with van der Waals surface area (Å²) in [7, 11) is 0. The summed E-state index contributed by atoms with van der Waals surface area (Å²) in [6.07, 6.45) is 0. The van der Waals surface area contributed by atoms with Gasteiger partial charge >= 0.3 is 0 Å². The van der Waals surface area contributed by atoms with E-state index < -0.39 is 0 Å². The molecule has 2 aromatic carbocycles. The molecule has 0 radical (unpaired) electrons. The standard InChI is InChI=1S/C16H18.2C2H6/c1-11-8-9-13(3)16(10-11)15-7-5-6-12(2)14(15)4;2*1-2/h5-10H,1-4H3;2*1-2H3. The molecular weight excluding hydrogens is 240 g/mol. The monoisotopic (exact) mass is 270 g/mol. The maximum atomic E-state index is 2.27. The van der Waals surface area contributed by atoms with Gasteiger partial charge in [0.2, 0.25) is 0 Å². The van der Waals surface area contributed by atoms with Gasteiger partial charge in [-0.1, -0.05) is 69.7 Å². The van der Waals surface area contributed by atoms with Crippen LogP contribution < -0.4 is 0 Å². The van der Waals surface area contributed by atoms with Gasteiger partial charge in [0.15, 0.2) is 0 Å². The third-order valence-electron chi connectivity index (χ3n) is 3.29. The van der Waals surface area contributed by atoms with Crippen molar-refractivity contribution in [1.29, 1.82) is 0 Å². The van der Waals surface area contributed by atoms with Crippen LogP contribution >= 0.6 is 0 Å². The minimum atomic E-state index is 1.32. The summed E-state index contributed by atoms with van der Waals surface area (Å²) in [5.74, 6) is 0. The first-order chi connectivity index (χ1) is 9.59. The summed E-state index contributed by atoms with van der Waals surface area (Å²) in [6.45, 7) is 16.7. The molecule has 0 amide bonds. The summed E-state index contributed by atoms with van der Waals surface area (Å²) in [5.41, 5.74) is 8.14. The summed E-state index contributed by atoms with van der Waals surface area (Å²) < 4.78 is 0. The second kappa shape index (κ2) is 9.36. The van der Waals surface area contributed by atoms with Crippen molar-refractivity contribution in [2.75, 3.05) is 0 Å². The van der Waals surface area contributed by atoms with Gasteiger partial charge in [0.05, 0.1) is 0 Å². The van der Waals surface area contributed by atoms with Crippen molar-refractivity contribution >= 4 is 0 Å².